The Bertz CT molecular complexity index is 808. The fourth-order valence-corrected chi connectivity index (χ4v) is 3.14. The predicted molar refractivity (Wildman–Crippen MR) is 94.3 cm³/mol. The van der Waals surface area contributed by atoms with E-state index < -0.39 is 0 Å². The molecule has 3 rings (SSSR count). The Hall–Kier alpha value is -2.60. The Labute approximate surface area is 143 Å². The van der Waals surface area contributed by atoms with Crippen molar-refractivity contribution in [2.75, 3.05) is 6.54 Å². The molecule has 1 saturated heterocycles. The van der Waals surface area contributed by atoms with Gasteiger partial charge in [0.05, 0.1) is 16.9 Å². The van der Waals surface area contributed by atoms with Crippen molar-refractivity contribution in [2.45, 2.75) is 6.92 Å². The van der Waals surface area contributed by atoms with Gasteiger partial charge in [-0.1, -0.05) is 6.08 Å². The van der Waals surface area contributed by atoms with Crippen molar-refractivity contribution in [3.8, 4) is 0 Å². The fourth-order valence-electron chi connectivity index (χ4n) is 2.13. The fraction of sp³-hybridized carbons (Fsp3) is 0.111. The lowest BCUT2D eigenvalue weighted by Crippen LogP contribution is -2.28. The molecule has 0 N–H and O–H groups in total. The SMILES string of the molecule is CCN1C(=O)/C(=C\C=C\c2ccco2)SC1=Nc1ccc(F)cc1. The topological polar surface area (TPSA) is 45.8 Å². The van der Waals surface area contributed by atoms with Crippen LogP contribution < -0.4 is 0 Å². The summed E-state index contributed by atoms with van der Waals surface area (Å²) in [6.07, 6.45) is 6.89. The molecule has 1 aromatic heterocycles. The number of amides is 1. The third kappa shape index (κ3) is 3.65. The van der Waals surface area contributed by atoms with E-state index in [4.69, 9.17) is 4.42 Å². The van der Waals surface area contributed by atoms with Crippen LogP contribution in [0.25, 0.3) is 6.08 Å². The Morgan fingerprint density at radius 3 is 2.75 bits per heavy atom. The first-order valence-corrected chi connectivity index (χ1v) is 8.25. The van der Waals surface area contributed by atoms with Gasteiger partial charge in [0.2, 0.25) is 0 Å². The number of hydrogen-bond donors (Lipinski definition) is 0. The highest BCUT2D eigenvalue weighted by molar-refractivity contribution is 8.18. The van der Waals surface area contributed by atoms with Crippen LogP contribution in [0.3, 0.4) is 0 Å². The van der Waals surface area contributed by atoms with Crippen molar-refractivity contribution in [1.82, 2.24) is 4.90 Å². The van der Waals surface area contributed by atoms with Gasteiger partial charge >= 0.3 is 0 Å². The number of thioether (sulfide) groups is 1. The van der Waals surface area contributed by atoms with E-state index in [1.165, 1.54) is 23.9 Å². The number of benzene rings is 1. The first-order chi connectivity index (χ1) is 11.7. The molecule has 2 aromatic rings. The molecule has 24 heavy (non-hydrogen) atoms. The van der Waals surface area contributed by atoms with Gasteiger partial charge in [-0.05, 0) is 67.2 Å². The van der Waals surface area contributed by atoms with E-state index in [1.54, 1.807) is 47.6 Å². The third-order valence-electron chi connectivity index (χ3n) is 3.31. The van der Waals surface area contributed by atoms with Gasteiger partial charge in [0.25, 0.3) is 5.91 Å². The largest absolute Gasteiger partial charge is 0.465 e. The van der Waals surface area contributed by atoms with E-state index >= 15 is 0 Å². The number of carbonyl (C=O) groups is 1. The molecule has 0 saturated carbocycles. The zero-order valence-corrected chi connectivity index (χ0v) is 13.8. The normalized spacial score (nSPS) is 18.4. The predicted octanol–water partition coefficient (Wildman–Crippen LogP) is 4.60. The Morgan fingerprint density at radius 2 is 2.08 bits per heavy atom. The molecular formula is C18H15FN2O2S. The molecule has 1 fully saturated rings. The Kier molecular flexibility index (Phi) is 4.96. The number of carbonyl (C=O) groups excluding carboxylic acids is 1. The molecule has 2 heterocycles. The summed E-state index contributed by atoms with van der Waals surface area (Å²) >= 11 is 1.30. The van der Waals surface area contributed by atoms with Gasteiger partial charge in [0, 0.05) is 6.54 Å². The second-order valence-corrected chi connectivity index (χ2v) is 5.94. The van der Waals surface area contributed by atoms with Crippen molar-refractivity contribution in [1.29, 1.82) is 0 Å². The molecule has 122 valence electrons. The van der Waals surface area contributed by atoms with Crippen LogP contribution in [0.5, 0.6) is 0 Å². The lowest BCUT2D eigenvalue weighted by atomic mass is 10.3. The van der Waals surface area contributed by atoms with Gasteiger partial charge in [-0.25, -0.2) is 9.38 Å². The van der Waals surface area contributed by atoms with Crippen LogP contribution >= 0.6 is 11.8 Å². The summed E-state index contributed by atoms with van der Waals surface area (Å²) < 4.78 is 18.2. The number of aliphatic imine (C=N–C) groups is 1. The molecule has 0 spiro atoms. The van der Waals surface area contributed by atoms with Crippen LogP contribution in [0, 0.1) is 5.82 Å². The molecule has 1 aliphatic rings. The molecule has 4 nitrogen and oxygen atoms in total. The Balaban J connectivity index is 1.81. The number of hydrogen-bond acceptors (Lipinski definition) is 4. The zero-order valence-electron chi connectivity index (χ0n) is 13.0. The minimum Gasteiger partial charge on any atom is -0.465 e. The average molecular weight is 342 g/mol. The molecule has 6 heteroatoms. The van der Waals surface area contributed by atoms with Crippen LogP contribution in [0.2, 0.25) is 0 Å². The summed E-state index contributed by atoms with van der Waals surface area (Å²) in [5.41, 5.74) is 0.609. The van der Waals surface area contributed by atoms with Crippen LogP contribution in [0.4, 0.5) is 10.1 Å². The van der Waals surface area contributed by atoms with E-state index in [2.05, 4.69) is 4.99 Å². The summed E-state index contributed by atoms with van der Waals surface area (Å²) in [7, 11) is 0. The molecular weight excluding hydrogens is 327 g/mol. The standard InChI is InChI=1S/C18H15FN2O2S/c1-2-21-17(22)16(7-3-5-15-6-4-12-23-15)24-18(21)20-14-10-8-13(19)9-11-14/h3-12H,2H2,1H3/b5-3+,16-7+,20-18?. The number of likely N-dealkylation sites (N-methyl/N-ethyl adjacent to an activating group) is 1. The van der Waals surface area contributed by atoms with Gasteiger partial charge in [-0.15, -0.1) is 0 Å². The lowest BCUT2D eigenvalue weighted by molar-refractivity contribution is -0.122. The third-order valence-corrected chi connectivity index (χ3v) is 4.33. The molecule has 0 radical (unpaired) electrons. The molecule has 0 atom stereocenters. The lowest BCUT2D eigenvalue weighted by Gasteiger charge is -2.11. The quantitative estimate of drug-likeness (QED) is 0.763. The molecule has 1 aliphatic heterocycles. The van der Waals surface area contributed by atoms with Crippen molar-refractivity contribution in [2.24, 2.45) is 4.99 Å². The van der Waals surface area contributed by atoms with Crippen molar-refractivity contribution in [3.63, 3.8) is 0 Å². The molecule has 0 unspecified atom stereocenters. The smallest absolute Gasteiger partial charge is 0.266 e. The molecule has 1 aromatic carbocycles. The van der Waals surface area contributed by atoms with Crippen molar-refractivity contribution in [3.05, 3.63) is 71.3 Å². The van der Waals surface area contributed by atoms with Crippen LogP contribution in [0.1, 0.15) is 12.7 Å². The number of allylic oxidation sites excluding steroid dienone is 2. The van der Waals surface area contributed by atoms with Crippen molar-refractivity contribution < 1.29 is 13.6 Å². The molecule has 0 bridgehead atoms. The number of halogens is 1. The highest BCUT2D eigenvalue weighted by Crippen LogP contribution is 2.32. The number of furan rings is 1. The summed E-state index contributed by atoms with van der Waals surface area (Å²) in [5.74, 6) is 0.312. The van der Waals surface area contributed by atoms with Crippen molar-refractivity contribution >= 4 is 34.6 Å². The summed E-state index contributed by atoms with van der Waals surface area (Å²) in [5, 5.41) is 0.590. The maximum atomic E-state index is 13.0. The highest BCUT2D eigenvalue weighted by atomic mass is 32.2. The minimum atomic E-state index is -0.315. The van der Waals surface area contributed by atoms with Gasteiger partial charge in [0.15, 0.2) is 5.17 Å². The van der Waals surface area contributed by atoms with Gasteiger partial charge in [-0.2, -0.15) is 0 Å². The van der Waals surface area contributed by atoms with Crippen LogP contribution in [-0.2, 0) is 4.79 Å². The first kappa shape index (κ1) is 16.3. The number of amidine groups is 1. The first-order valence-electron chi connectivity index (χ1n) is 7.43. The average Bonchev–Trinajstić information content (AvgIpc) is 3.19. The van der Waals surface area contributed by atoms with Crippen LogP contribution in [-0.4, -0.2) is 22.5 Å². The molecule has 0 aliphatic carbocycles. The van der Waals surface area contributed by atoms with E-state index in [9.17, 15) is 9.18 Å². The van der Waals surface area contributed by atoms with Crippen LogP contribution in [0.15, 0.2) is 69.1 Å². The summed E-state index contributed by atoms with van der Waals surface area (Å²) in [6.45, 7) is 2.41. The number of rotatable bonds is 4. The second-order valence-electron chi connectivity index (χ2n) is 4.93. The number of nitrogens with zero attached hydrogens (tertiary/aromatic N) is 2. The van der Waals surface area contributed by atoms with E-state index in [0.29, 0.717) is 22.3 Å². The van der Waals surface area contributed by atoms with E-state index in [1.807, 2.05) is 13.0 Å². The van der Waals surface area contributed by atoms with E-state index in [-0.39, 0.29) is 11.7 Å². The minimum absolute atomic E-state index is 0.0903. The highest BCUT2D eigenvalue weighted by Gasteiger charge is 2.31. The van der Waals surface area contributed by atoms with Gasteiger partial charge in [0.1, 0.15) is 11.6 Å². The monoisotopic (exact) mass is 342 g/mol. The van der Waals surface area contributed by atoms with Gasteiger partial charge in [-0.3, -0.25) is 9.69 Å². The van der Waals surface area contributed by atoms with E-state index in [0.717, 1.165) is 5.76 Å². The summed E-state index contributed by atoms with van der Waals surface area (Å²) in [6, 6.07) is 9.49. The van der Waals surface area contributed by atoms with Gasteiger partial charge < -0.3 is 4.42 Å². The maximum Gasteiger partial charge on any atom is 0.266 e. The zero-order chi connectivity index (χ0) is 16.9. The second kappa shape index (κ2) is 7.31. The summed E-state index contributed by atoms with van der Waals surface area (Å²) in [4.78, 5) is 19.0. The molecule has 1 amide bonds. The maximum absolute atomic E-state index is 13.0. The Morgan fingerprint density at radius 1 is 1.29 bits per heavy atom.